The highest BCUT2D eigenvalue weighted by molar-refractivity contribution is 7.99. The van der Waals surface area contributed by atoms with Crippen LogP contribution in [0.3, 0.4) is 0 Å². The standard InChI is InChI=1S/C11H15OS/c1-2-3-4-9-13-11-7-5-10(12)6-8-11/h5-8H,2-4,9H2,1H3. The second-order valence-corrected chi connectivity index (χ2v) is 4.20. The average molecular weight is 195 g/mol. The Bertz CT molecular complexity index is 230. The molecule has 2 heteroatoms. The lowest BCUT2D eigenvalue weighted by atomic mass is 10.3. The molecule has 1 nitrogen and oxygen atoms in total. The van der Waals surface area contributed by atoms with E-state index in [2.05, 4.69) is 6.92 Å². The molecule has 0 saturated carbocycles. The van der Waals surface area contributed by atoms with Gasteiger partial charge >= 0.3 is 0 Å². The van der Waals surface area contributed by atoms with E-state index in [0.29, 0.717) is 0 Å². The average Bonchev–Trinajstić information content (AvgIpc) is 2.15. The van der Waals surface area contributed by atoms with Gasteiger partial charge in [-0.15, -0.1) is 11.8 Å². The number of benzene rings is 1. The second kappa shape index (κ2) is 5.92. The van der Waals surface area contributed by atoms with E-state index in [0.717, 1.165) is 5.75 Å². The third-order valence-corrected chi connectivity index (χ3v) is 2.94. The Kier molecular flexibility index (Phi) is 4.76. The summed E-state index contributed by atoms with van der Waals surface area (Å²) in [6.07, 6.45) is 3.83. The van der Waals surface area contributed by atoms with Gasteiger partial charge in [0.25, 0.3) is 0 Å². The van der Waals surface area contributed by atoms with Crippen LogP contribution < -0.4 is 0 Å². The highest BCUT2D eigenvalue weighted by Gasteiger charge is 1.94. The van der Waals surface area contributed by atoms with Crippen molar-refractivity contribution < 1.29 is 5.11 Å². The zero-order valence-electron chi connectivity index (χ0n) is 7.95. The van der Waals surface area contributed by atoms with E-state index in [1.165, 1.54) is 24.2 Å². The van der Waals surface area contributed by atoms with Crippen molar-refractivity contribution in [2.75, 3.05) is 5.75 Å². The van der Waals surface area contributed by atoms with Crippen LogP contribution in [-0.4, -0.2) is 5.75 Å². The van der Waals surface area contributed by atoms with Crippen molar-refractivity contribution in [3.63, 3.8) is 0 Å². The van der Waals surface area contributed by atoms with Gasteiger partial charge < -0.3 is 0 Å². The lowest BCUT2D eigenvalue weighted by Crippen LogP contribution is -1.79. The molecule has 0 aromatic heterocycles. The predicted molar refractivity (Wildman–Crippen MR) is 56.8 cm³/mol. The summed E-state index contributed by atoms with van der Waals surface area (Å²) < 4.78 is 0. The van der Waals surface area contributed by atoms with Crippen LogP contribution in [0.1, 0.15) is 26.2 Å². The molecule has 1 radical (unpaired) electrons. The smallest absolute Gasteiger partial charge is 0.178 e. The molecule has 0 saturated heterocycles. The summed E-state index contributed by atoms with van der Waals surface area (Å²) in [5, 5.41) is 10.8. The Morgan fingerprint density at radius 2 is 1.85 bits per heavy atom. The molecule has 1 aromatic rings. The molecule has 0 fully saturated rings. The van der Waals surface area contributed by atoms with Gasteiger partial charge in [0.15, 0.2) is 5.75 Å². The maximum absolute atomic E-state index is 10.8. The van der Waals surface area contributed by atoms with E-state index in [-0.39, 0.29) is 5.75 Å². The van der Waals surface area contributed by atoms with E-state index < -0.39 is 0 Å². The van der Waals surface area contributed by atoms with Gasteiger partial charge in [0.2, 0.25) is 0 Å². The first-order valence-electron chi connectivity index (χ1n) is 4.73. The molecular formula is C11H15OS. The van der Waals surface area contributed by atoms with Crippen molar-refractivity contribution in [1.82, 2.24) is 0 Å². The lowest BCUT2D eigenvalue weighted by molar-refractivity contribution is 0.354. The van der Waals surface area contributed by atoms with E-state index >= 15 is 0 Å². The van der Waals surface area contributed by atoms with Crippen LogP contribution in [0.15, 0.2) is 29.2 Å². The van der Waals surface area contributed by atoms with E-state index in [9.17, 15) is 5.11 Å². The molecule has 0 aliphatic rings. The molecule has 0 heterocycles. The molecule has 0 unspecified atom stereocenters. The summed E-state index contributed by atoms with van der Waals surface area (Å²) in [4.78, 5) is 1.20. The zero-order valence-corrected chi connectivity index (χ0v) is 8.77. The number of rotatable bonds is 5. The normalized spacial score (nSPS) is 10.2. The lowest BCUT2D eigenvalue weighted by Gasteiger charge is -1.99. The highest BCUT2D eigenvalue weighted by atomic mass is 32.2. The molecule has 13 heavy (non-hydrogen) atoms. The van der Waals surface area contributed by atoms with Gasteiger partial charge in [0.05, 0.1) is 0 Å². The minimum atomic E-state index is 0.0953. The quantitative estimate of drug-likeness (QED) is 0.511. The van der Waals surface area contributed by atoms with Crippen molar-refractivity contribution >= 4 is 11.8 Å². The minimum Gasteiger partial charge on any atom is -0.290 e. The minimum absolute atomic E-state index is 0.0953. The van der Waals surface area contributed by atoms with Crippen molar-refractivity contribution in [3.05, 3.63) is 24.3 Å². The summed E-state index contributed by atoms with van der Waals surface area (Å²) in [6, 6.07) is 7.06. The third kappa shape index (κ3) is 4.23. The topological polar surface area (TPSA) is 19.9 Å². The van der Waals surface area contributed by atoms with Crippen LogP contribution >= 0.6 is 11.8 Å². The highest BCUT2D eigenvalue weighted by Crippen LogP contribution is 2.21. The summed E-state index contributed by atoms with van der Waals surface area (Å²) >= 11 is 1.83. The van der Waals surface area contributed by atoms with Gasteiger partial charge in [-0.1, -0.05) is 19.8 Å². The van der Waals surface area contributed by atoms with Crippen LogP contribution in [0.4, 0.5) is 0 Å². The number of hydrogen-bond donors (Lipinski definition) is 0. The molecule has 71 valence electrons. The first-order valence-corrected chi connectivity index (χ1v) is 5.71. The zero-order chi connectivity index (χ0) is 9.52. The fourth-order valence-corrected chi connectivity index (χ4v) is 1.99. The van der Waals surface area contributed by atoms with Gasteiger partial charge in [0, 0.05) is 4.90 Å². The van der Waals surface area contributed by atoms with Gasteiger partial charge in [-0.25, -0.2) is 0 Å². The van der Waals surface area contributed by atoms with E-state index in [4.69, 9.17) is 0 Å². The predicted octanol–water partition coefficient (Wildman–Crippen LogP) is 4.11. The summed E-state index contributed by atoms with van der Waals surface area (Å²) in [7, 11) is 0. The molecule has 1 aromatic carbocycles. The first kappa shape index (κ1) is 10.5. The van der Waals surface area contributed by atoms with Crippen molar-refractivity contribution in [1.29, 1.82) is 0 Å². The molecule has 0 atom stereocenters. The molecule has 0 aliphatic carbocycles. The monoisotopic (exact) mass is 195 g/mol. The summed E-state index contributed by atoms with van der Waals surface area (Å²) in [5.74, 6) is 1.25. The van der Waals surface area contributed by atoms with Gasteiger partial charge in [-0.05, 0) is 36.4 Å². The first-order chi connectivity index (χ1) is 6.33. The Morgan fingerprint density at radius 1 is 1.15 bits per heavy atom. The Labute approximate surface area is 84.2 Å². The van der Waals surface area contributed by atoms with Crippen LogP contribution in [-0.2, 0) is 5.11 Å². The molecule has 0 N–H and O–H groups in total. The van der Waals surface area contributed by atoms with Crippen LogP contribution in [0.5, 0.6) is 5.75 Å². The van der Waals surface area contributed by atoms with Crippen molar-refractivity contribution in [2.45, 2.75) is 31.1 Å². The summed E-state index contributed by atoms with van der Waals surface area (Å²) in [5.41, 5.74) is 0. The van der Waals surface area contributed by atoms with Gasteiger partial charge in [0.1, 0.15) is 0 Å². The largest absolute Gasteiger partial charge is 0.290 e. The Hall–Kier alpha value is -0.630. The number of thioether (sulfide) groups is 1. The van der Waals surface area contributed by atoms with E-state index in [1.807, 2.05) is 23.9 Å². The van der Waals surface area contributed by atoms with Gasteiger partial charge in [-0.3, -0.25) is 5.11 Å². The number of unbranched alkanes of at least 4 members (excludes halogenated alkanes) is 2. The fraction of sp³-hybridized carbons (Fsp3) is 0.455. The summed E-state index contributed by atoms with van der Waals surface area (Å²) in [6.45, 7) is 2.21. The van der Waals surface area contributed by atoms with Crippen LogP contribution in [0.25, 0.3) is 0 Å². The molecule has 0 amide bonds. The van der Waals surface area contributed by atoms with Crippen LogP contribution in [0.2, 0.25) is 0 Å². The second-order valence-electron chi connectivity index (χ2n) is 3.03. The third-order valence-electron chi connectivity index (χ3n) is 1.84. The van der Waals surface area contributed by atoms with Crippen LogP contribution in [0, 0.1) is 0 Å². The van der Waals surface area contributed by atoms with E-state index in [1.54, 1.807) is 12.1 Å². The Morgan fingerprint density at radius 3 is 2.46 bits per heavy atom. The molecular weight excluding hydrogens is 180 g/mol. The molecule has 0 spiro atoms. The van der Waals surface area contributed by atoms with Crippen molar-refractivity contribution in [2.24, 2.45) is 0 Å². The Balaban J connectivity index is 2.25. The maximum atomic E-state index is 10.8. The van der Waals surface area contributed by atoms with Gasteiger partial charge in [-0.2, -0.15) is 0 Å². The molecule has 0 bridgehead atoms. The molecule has 1 rings (SSSR count). The fourth-order valence-electron chi connectivity index (χ4n) is 1.08. The number of hydrogen-bond acceptors (Lipinski definition) is 1. The maximum Gasteiger partial charge on any atom is 0.178 e. The SMILES string of the molecule is CCCCCSc1ccc([O])cc1. The van der Waals surface area contributed by atoms with Crippen molar-refractivity contribution in [3.8, 4) is 5.75 Å². The molecule has 0 aliphatic heterocycles.